The number of benzene rings is 3. The van der Waals surface area contributed by atoms with Crippen molar-refractivity contribution in [3.05, 3.63) is 96.3 Å². The Morgan fingerprint density at radius 2 is 1.39 bits per heavy atom. The zero-order valence-corrected chi connectivity index (χ0v) is 18.6. The van der Waals surface area contributed by atoms with Crippen LogP contribution in [0.2, 0.25) is 0 Å². The topological polar surface area (TPSA) is 114 Å². The molecule has 0 aliphatic heterocycles. The standard InChI is InChI=1S/C24H21N5O3S/c1-17-22(26-23(29-28-17)27-24(30)25-20-10-6-3-7-11-20)16-33(31,32)21-14-12-19(13-15-21)18-8-4-2-5-9-18/h2-15H,16H2,1H3,(H2,25,26,27,29,30). The van der Waals surface area contributed by atoms with Crippen molar-refractivity contribution in [1.29, 1.82) is 0 Å². The normalized spacial score (nSPS) is 11.1. The van der Waals surface area contributed by atoms with Crippen LogP contribution in [0.25, 0.3) is 11.1 Å². The van der Waals surface area contributed by atoms with Crippen molar-refractivity contribution in [2.45, 2.75) is 17.6 Å². The molecule has 0 spiro atoms. The van der Waals surface area contributed by atoms with E-state index in [0.717, 1.165) is 11.1 Å². The highest BCUT2D eigenvalue weighted by molar-refractivity contribution is 7.90. The first-order valence-electron chi connectivity index (χ1n) is 10.1. The second-order valence-electron chi connectivity index (χ2n) is 7.26. The molecule has 0 atom stereocenters. The molecule has 0 aliphatic rings. The van der Waals surface area contributed by atoms with Crippen molar-refractivity contribution in [3.63, 3.8) is 0 Å². The van der Waals surface area contributed by atoms with E-state index in [9.17, 15) is 13.2 Å². The van der Waals surface area contributed by atoms with Crippen LogP contribution in [0.1, 0.15) is 11.4 Å². The lowest BCUT2D eigenvalue weighted by molar-refractivity contribution is 0.262. The molecule has 0 saturated carbocycles. The molecule has 0 fully saturated rings. The van der Waals surface area contributed by atoms with Crippen LogP contribution in [0.15, 0.2) is 89.8 Å². The quantitative estimate of drug-likeness (QED) is 0.440. The molecule has 4 rings (SSSR count). The van der Waals surface area contributed by atoms with E-state index in [1.54, 1.807) is 55.5 Å². The zero-order valence-electron chi connectivity index (χ0n) is 17.8. The summed E-state index contributed by atoms with van der Waals surface area (Å²) in [5, 5.41) is 12.9. The van der Waals surface area contributed by atoms with Gasteiger partial charge in [-0.15, -0.1) is 5.10 Å². The first-order valence-corrected chi connectivity index (χ1v) is 11.8. The number of para-hydroxylation sites is 1. The number of anilines is 2. The number of carbonyl (C=O) groups excluding carboxylic acids is 1. The van der Waals surface area contributed by atoms with E-state index in [1.165, 1.54) is 0 Å². The number of nitrogens with zero attached hydrogens (tertiary/aromatic N) is 3. The summed E-state index contributed by atoms with van der Waals surface area (Å²) in [6.07, 6.45) is 0. The molecule has 33 heavy (non-hydrogen) atoms. The van der Waals surface area contributed by atoms with Gasteiger partial charge in [0.25, 0.3) is 5.95 Å². The van der Waals surface area contributed by atoms with Gasteiger partial charge in [0, 0.05) is 5.69 Å². The van der Waals surface area contributed by atoms with Crippen molar-refractivity contribution in [1.82, 2.24) is 15.2 Å². The Kier molecular flexibility index (Phi) is 6.41. The Bertz CT molecular complexity index is 1360. The molecule has 8 nitrogen and oxygen atoms in total. The lowest BCUT2D eigenvalue weighted by atomic mass is 10.1. The molecule has 0 aliphatic carbocycles. The summed E-state index contributed by atoms with van der Waals surface area (Å²) in [6, 6.07) is 24.7. The van der Waals surface area contributed by atoms with Gasteiger partial charge in [-0.25, -0.2) is 18.2 Å². The number of hydrogen-bond acceptors (Lipinski definition) is 6. The van der Waals surface area contributed by atoms with Crippen LogP contribution in [0, 0.1) is 6.92 Å². The summed E-state index contributed by atoms with van der Waals surface area (Å²) < 4.78 is 26.0. The van der Waals surface area contributed by atoms with Crippen LogP contribution in [-0.4, -0.2) is 29.6 Å². The molecule has 9 heteroatoms. The third kappa shape index (κ3) is 5.58. The SMILES string of the molecule is Cc1nnc(NC(=O)Nc2ccccc2)nc1CS(=O)(=O)c1ccc(-c2ccccc2)cc1. The van der Waals surface area contributed by atoms with Crippen LogP contribution in [0.3, 0.4) is 0 Å². The summed E-state index contributed by atoms with van der Waals surface area (Å²) in [5.41, 5.74) is 3.10. The van der Waals surface area contributed by atoms with Crippen LogP contribution < -0.4 is 10.6 Å². The molecule has 0 saturated heterocycles. The van der Waals surface area contributed by atoms with Crippen molar-refractivity contribution in [3.8, 4) is 11.1 Å². The minimum atomic E-state index is -3.69. The average Bonchev–Trinajstić information content (AvgIpc) is 2.82. The van der Waals surface area contributed by atoms with Gasteiger partial charge in [0.1, 0.15) is 0 Å². The molecule has 4 aromatic rings. The Labute approximate surface area is 191 Å². The maximum absolute atomic E-state index is 13.0. The Morgan fingerprint density at radius 1 is 0.788 bits per heavy atom. The molecular weight excluding hydrogens is 438 g/mol. The van der Waals surface area contributed by atoms with Gasteiger partial charge >= 0.3 is 6.03 Å². The van der Waals surface area contributed by atoms with Gasteiger partial charge in [-0.3, -0.25) is 5.32 Å². The van der Waals surface area contributed by atoms with Crippen LogP contribution in [0.5, 0.6) is 0 Å². The fourth-order valence-electron chi connectivity index (χ4n) is 3.13. The first kappa shape index (κ1) is 22.1. The molecule has 1 heterocycles. The van der Waals surface area contributed by atoms with E-state index in [4.69, 9.17) is 0 Å². The molecule has 2 N–H and O–H groups in total. The van der Waals surface area contributed by atoms with Gasteiger partial charge in [-0.05, 0) is 42.3 Å². The smallest absolute Gasteiger partial charge is 0.308 e. The number of urea groups is 1. The van der Waals surface area contributed by atoms with E-state index in [2.05, 4.69) is 25.8 Å². The van der Waals surface area contributed by atoms with Gasteiger partial charge in [0.15, 0.2) is 9.84 Å². The lowest BCUT2D eigenvalue weighted by Gasteiger charge is -2.10. The van der Waals surface area contributed by atoms with E-state index >= 15 is 0 Å². The molecular formula is C24H21N5O3S. The predicted octanol–water partition coefficient (Wildman–Crippen LogP) is 4.46. The highest BCUT2D eigenvalue weighted by atomic mass is 32.2. The molecule has 3 aromatic carbocycles. The number of rotatable bonds is 6. The van der Waals surface area contributed by atoms with E-state index in [0.29, 0.717) is 11.4 Å². The summed E-state index contributed by atoms with van der Waals surface area (Å²) in [6.45, 7) is 1.62. The van der Waals surface area contributed by atoms with Crippen LogP contribution >= 0.6 is 0 Å². The number of sulfone groups is 1. The number of amides is 2. The number of carbonyl (C=O) groups is 1. The van der Waals surface area contributed by atoms with Crippen LogP contribution in [-0.2, 0) is 15.6 Å². The summed E-state index contributed by atoms with van der Waals surface area (Å²) in [7, 11) is -3.69. The Morgan fingerprint density at radius 3 is 2.06 bits per heavy atom. The van der Waals surface area contributed by atoms with Gasteiger partial charge in [-0.2, -0.15) is 5.10 Å². The molecule has 0 radical (unpaired) electrons. The fraction of sp³-hybridized carbons (Fsp3) is 0.0833. The van der Waals surface area contributed by atoms with E-state index in [-0.39, 0.29) is 22.3 Å². The largest absolute Gasteiger partial charge is 0.326 e. The summed E-state index contributed by atoms with van der Waals surface area (Å²) >= 11 is 0. The first-order chi connectivity index (χ1) is 15.9. The number of nitrogens with one attached hydrogen (secondary N) is 2. The number of aryl methyl sites for hydroxylation is 1. The van der Waals surface area contributed by atoms with E-state index < -0.39 is 15.9 Å². The molecule has 0 unspecified atom stereocenters. The molecule has 1 aromatic heterocycles. The highest BCUT2D eigenvalue weighted by Gasteiger charge is 2.20. The van der Waals surface area contributed by atoms with Crippen LogP contribution in [0.4, 0.5) is 16.4 Å². The summed E-state index contributed by atoms with van der Waals surface area (Å²) in [4.78, 5) is 16.6. The Balaban J connectivity index is 1.49. The van der Waals surface area contributed by atoms with Crippen molar-refractivity contribution >= 4 is 27.5 Å². The van der Waals surface area contributed by atoms with Gasteiger partial charge in [0.2, 0.25) is 0 Å². The maximum Gasteiger partial charge on any atom is 0.326 e. The monoisotopic (exact) mass is 459 g/mol. The Hall–Kier alpha value is -4.11. The minimum Gasteiger partial charge on any atom is -0.308 e. The second kappa shape index (κ2) is 9.58. The number of hydrogen-bond donors (Lipinski definition) is 2. The highest BCUT2D eigenvalue weighted by Crippen LogP contribution is 2.23. The summed E-state index contributed by atoms with van der Waals surface area (Å²) in [5.74, 6) is -0.452. The van der Waals surface area contributed by atoms with Gasteiger partial charge in [0.05, 0.1) is 22.0 Å². The lowest BCUT2D eigenvalue weighted by Crippen LogP contribution is -2.22. The van der Waals surface area contributed by atoms with E-state index in [1.807, 2.05) is 36.4 Å². The molecule has 0 bridgehead atoms. The number of aromatic nitrogens is 3. The fourth-order valence-corrected chi connectivity index (χ4v) is 4.49. The third-order valence-electron chi connectivity index (χ3n) is 4.86. The maximum atomic E-state index is 13.0. The van der Waals surface area contributed by atoms with Gasteiger partial charge in [-0.1, -0.05) is 60.7 Å². The zero-order chi connectivity index (χ0) is 23.3. The predicted molar refractivity (Wildman–Crippen MR) is 126 cm³/mol. The van der Waals surface area contributed by atoms with Crippen molar-refractivity contribution in [2.75, 3.05) is 10.6 Å². The van der Waals surface area contributed by atoms with Crippen molar-refractivity contribution in [2.24, 2.45) is 0 Å². The third-order valence-corrected chi connectivity index (χ3v) is 6.50. The van der Waals surface area contributed by atoms with Crippen molar-refractivity contribution < 1.29 is 13.2 Å². The molecule has 166 valence electrons. The van der Waals surface area contributed by atoms with Gasteiger partial charge < -0.3 is 5.32 Å². The molecule has 2 amide bonds. The minimum absolute atomic E-state index is 0.0846. The second-order valence-corrected chi connectivity index (χ2v) is 9.25. The average molecular weight is 460 g/mol.